The lowest BCUT2D eigenvalue weighted by Gasteiger charge is -2.43. The number of benzene rings is 1. The van der Waals surface area contributed by atoms with Gasteiger partial charge in [-0.2, -0.15) is 5.26 Å². The highest BCUT2D eigenvalue weighted by Gasteiger charge is 2.64. The van der Waals surface area contributed by atoms with Gasteiger partial charge in [-0.25, -0.2) is 0 Å². The highest BCUT2D eigenvalue weighted by atomic mass is 35.5. The van der Waals surface area contributed by atoms with E-state index in [1.807, 2.05) is 0 Å². The Balaban J connectivity index is 1.63. The van der Waals surface area contributed by atoms with Crippen LogP contribution in [0.1, 0.15) is 38.5 Å². The number of nitrogens with two attached hydrogens (primary N) is 1. The average molecular weight is 507 g/mol. The third-order valence-corrected chi connectivity index (χ3v) is 8.17. The summed E-state index contributed by atoms with van der Waals surface area (Å²) in [4.78, 5) is 40.5. The molecule has 3 aliphatic rings. The van der Waals surface area contributed by atoms with E-state index in [0.717, 1.165) is 19.3 Å². The summed E-state index contributed by atoms with van der Waals surface area (Å²) in [6.45, 7) is 0.574. The molecule has 3 unspecified atom stereocenters. The van der Waals surface area contributed by atoms with E-state index in [-0.39, 0.29) is 35.8 Å². The Hall–Kier alpha value is -2.50. The van der Waals surface area contributed by atoms with Crippen LogP contribution in [0.3, 0.4) is 0 Å². The second-order valence-electron chi connectivity index (χ2n) is 9.40. The Morgan fingerprint density at radius 3 is 2.76 bits per heavy atom. The number of primary amides is 1. The molecular weight excluding hydrogens is 479 g/mol. The number of fused-ring (bicyclic) bond motifs is 1. The lowest BCUT2D eigenvalue weighted by Crippen LogP contribution is -2.64. The molecule has 0 aromatic heterocycles. The summed E-state index contributed by atoms with van der Waals surface area (Å²) in [5.74, 6) is -2.39. The van der Waals surface area contributed by atoms with E-state index in [1.165, 1.54) is 11.0 Å². The molecule has 182 valence electrons. The van der Waals surface area contributed by atoms with Gasteiger partial charge in [0.2, 0.25) is 11.8 Å². The highest BCUT2D eigenvalue weighted by Crippen LogP contribution is 2.53. The monoisotopic (exact) mass is 506 g/mol. The van der Waals surface area contributed by atoms with Crippen molar-refractivity contribution in [2.45, 2.75) is 44.1 Å². The van der Waals surface area contributed by atoms with Crippen LogP contribution in [0.5, 0.6) is 5.75 Å². The van der Waals surface area contributed by atoms with Crippen molar-refractivity contribution >= 4 is 40.9 Å². The van der Waals surface area contributed by atoms with Crippen molar-refractivity contribution in [2.24, 2.45) is 29.4 Å². The van der Waals surface area contributed by atoms with Gasteiger partial charge in [0.15, 0.2) is 6.61 Å². The van der Waals surface area contributed by atoms with Crippen LogP contribution >= 0.6 is 23.2 Å². The van der Waals surface area contributed by atoms with Crippen LogP contribution in [0.15, 0.2) is 18.2 Å². The standard InChI is InChI=1S/C24H28Cl2N4O4/c25-17-6-7-20(19(26)10-17)34-13-21(31)30-12-15-3-1-5-18(15)24(30,23(28)33)16(11-27)9-14-4-2-8-29-22(14)32/h6-7,10,14-16,18H,1-5,8-9,12-13H2,(H2,28,33)(H,29,32)/t14-,15?,16+,18?,24?/m0/s1. The van der Waals surface area contributed by atoms with E-state index >= 15 is 0 Å². The topological polar surface area (TPSA) is 126 Å². The van der Waals surface area contributed by atoms with Crippen molar-refractivity contribution in [2.75, 3.05) is 19.7 Å². The summed E-state index contributed by atoms with van der Waals surface area (Å²) in [5.41, 5.74) is 4.55. The number of carbonyl (C=O) groups excluding carboxylic acids is 3. The Morgan fingerprint density at radius 1 is 1.29 bits per heavy atom. The normalized spacial score (nSPS) is 29.1. The molecule has 3 N–H and O–H groups in total. The zero-order valence-corrected chi connectivity index (χ0v) is 20.3. The fourth-order valence-corrected chi connectivity index (χ4v) is 6.61. The molecule has 5 atom stereocenters. The lowest BCUT2D eigenvalue weighted by molar-refractivity contribution is -0.150. The number of hydrogen-bond donors (Lipinski definition) is 2. The van der Waals surface area contributed by atoms with Crippen LogP contribution < -0.4 is 15.8 Å². The molecule has 0 spiro atoms. The Bertz CT molecular complexity index is 1030. The van der Waals surface area contributed by atoms with Gasteiger partial charge in [0, 0.05) is 24.0 Å². The first-order valence-corrected chi connectivity index (χ1v) is 12.4. The van der Waals surface area contributed by atoms with E-state index < -0.39 is 29.2 Å². The number of piperidine rings is 1. The molecule has 2 aliphatic heterocycles. The molecule has 8 nitrogen and oxygen atoms in total. The van der Waals surface area contributed by atoms with Gasteiger partial charge in [-0.05, 0) is 62.1 Å². The lowest BCUT2D eigenvalue weighted by atomic mass is 9.68. The second-order valence-corrected chi connectivity index (χ2v) is 10.2. The van der Waals surface area contributed by atoms with Crippen LogP contribution in [0.4, 0.5) is 0 Å². The van der Waals surface area contributed by atoms with Gasteiger partial charge >= 0.3 is 0 Å². The van der Waals surface area contributed by atoms with Crippen molar-refractivity contribution in [1.82, 2.24) is 10.2 Å². The highest BCUT2D eigenvalue weighted by molar-refractivity contribution is 6.35. The summed E-state index contributed by atoms with van der Waals surface area (Å²) in [6, 6.07) is 6.95. The van der Waals surface area contributed by atoms with Gasteiger partial charge in [-0.1, -0.05) is 29.6 Å². The Morgan fingerprint density at radius 2 is 2.09 bits per heavy atom. The van der Waals surface area contributed by atoms with E-state index in [1.54, 1.807) is 12.1 Å². The van der Waals surface area contributed by atoms with Crippen molar-refractivity contribution in [3.8, 4) is 11.8 Å². The number of likely N-dealkylation sites (tertiary alicyclic amines) is 1. The zero-order valence-electron chi connectivity index (χ0n) is 18.8. The maximum Gasteiger partial charge on any atom is 0.261 e. The van der Waals surface area contributed by atoms with Crippen molar-refractivity contribution in [3.05, 3.63) is 28.2 Å². The molecule has 3 fully saturated rings. The molecule has 1 aromatic carbocycles. The maximum atomic E-state index is 13.5. The number of nitrogens with one attached hydrogen (secondary N) is 1. The van der Waals surface area contributed by atoms with Crippen LogP contribution in [0.2, 0.25) is 10.0 Å². The maximum absolute atomic E-state index is 13.5. The Kier molecular flexibility index (Phi) is 7.25. The number of carbonyl (C=O) groups is 3. The number of nitriles is 1. The SMILES string of the molecule is N#C[C@@H](C[C@@H]1CCCNC1=O)C1(C(N)=O)C2CCCC2CN1C(=O)COc1ccc(Cl)cc1Cl. The van der Waals surface area contributed by atoms with Crippen molar-refractivity contribution in [3.63, 3.8) is 0 Å². The first-order valence-electron chi connectivity index (χ1n) is 11.6. The van der Waals surface area contributed by atoms with Gasteiger partial charge < -0.3 is 20.7 Å². The smallest absolute Gasteiger partial charge is 0.261 e. The van der Waals surface area contributed by atoms with Gasteiger partial charge in [0.05, 0.1) is 17.0 Å². The summed E-state index contributed by atoms with van der Waals surface area (Å²) >= 11 is 12.1. The molecule has 0 radical (unpaired) electrons. The fraction of sp³-hybridized carbons (Fsp3) is 0.583. The van der Waals surface area contributed by atoms with Crippen LogP contribution in [0.25, 0.3) is 0 Å². The number of rotatable bonds is 7. The summed E-state index contributed by atoms with van der Waals surface area (Å²) in [5, 5.41) is 13.8. The zero-order chi connectivity index (χ0) is 24.5. The Labute approximate surface area is 208 Å². The molecule has 0 bridgehead atoms. The number of hydrogen-bond acceptors (Lipinski definition) is 5. The first-order chi connectivity index (χ1) is 16.3. The molecule has 4 rings (SSSR count). The molecule has 3 amide bonds. The number of amides is 3. The largest absolute Gasteiger partial charge is 0.482 e. The van der Waals surface area contributed by atoms with E-state index in [4.69, 9.17) is 33.7 Å². The molecule has 2 heterocycles. The van der Waals surface area contributed by atoms with Crippen LogP contribution in [-0.4, -0.2) is 47.9 Å². The van der Waals surface area contributed by atoms with Crippen molar-refractivity contribution < 1.29 is 19.1 Å². The molecular formula is C24H28Cl2N4O4. The quantitative estimate of drug-likeness (QED) is 0.587. The van der Waals surface area contributed by atoms with Gasteiger partial charge in [0.25, 0.3) is 5.91 Å². The molecule has 1 aromatic rings. The number of ether oxygens (including phenoxy) is 1. The van der Waals surface area contributed by atoms with E-state index in [9.17, 15) is 19.6 Å². The first kappa shape index (κ1) is 24.6. The summed E-state index contributed by atoms with van der Waals surface area (Å²) in [7, 11) is 0. The molecule has 1 saturated carbocycles. The van der Waals surface area contributed by atoms with Crippen LogP contribution in [-0.2, 0) is 14.4 Å². The molecule has 34 heavy (non-hydrogen) atoms. The molecule has 10 heteroatoms. The van der Waals surface area contributed by atoms with Gasteiger partial charge in [-0.3, -0.25) is 14.4 Å². The fourth-order valence-electron chi connectivity index (χ4n) is 6.15. The van der Waals surface area contributed by atoms with E-state index in [0.29, 0.717) is 36.7 Å². The average Bonchev–Trinajstić information content (AvgIpc) is 3.38. The third kappa shape index (κ3) is 4.32. The van der Waals surface area contributed by atoms with E-state index in [2.05, 4.69) is 11.4 Å². The van der Waals surface area contributed by atoms with Crippen molar-refractivity contribution in [1.29, 1.82) is 5.26 Å². The minimum absolute atomic E-state index is 0.0756. The number of halogens is 2. The summed E-state index contributed by atoms with van der Waals surface area (Å²) < 4.78 is 5.66. The van der Waals surface area contributed by atoms with Gasteiger partial charge in [-0.15, -0.1) is 0 Å². The van der Waals surface area contributed by atoms with Gasteiger partial charge in [0.1, 0.15) is 11.3 Å². The minimum Gasteiger partial charge on any atom is -0.482 e. The van der Waals surface area contributed by atoms with Crippen LogP contribution in [0, 0.1) is 35.0 Å². The minimum atomic E-state index is -1.47. The predicted octanol–water partition coefficient (Wildman–Crippen LogP) is 2.91. The molecule has 1 aliphatic carbocycles. The number of nitrogens with zero attached hydrogens (tertiary/aromatic N) is 2. The molecule has 2 saturated heterocycles. The second kappa shape index (κ2) is 10.0. The third-order valence-electron chi connectivity index (χ3n) is 7.64. The summed E-state index contributed by atoms with van der Waals surface area (Å²) in [6.07, 6.45) is 4.10. The predicted molar refractivity (Wildman–Crippen MR) is 126 cm³/mol.